The molecule has 0 aliphatic rings. The molecule has 0 aromatic heterocycles. The largest absolute Gasteiger partial charge is 0.495 e. The molecule has 0 saturated carbocycles. The molecule has 12 heteroatoms. The summed E-state index contributed by atoms with van der Waals surface area (Å²) in [5.74, 6) is 0.136. The van der Waals surface area contributed by atoms with Crippen molar-refractivity contribution in [2.75, 3.05) is 25.1 Å². The number of nitrogens with one attached hydrogen (secondary N) is 4. The van der Waals surface area contributed by atoms with Crippen LogP contribution in [-0.4, -0.2) is 36.3 Å². The molecular weight excluding hydrogens is 573 g/mol. The number of rotatable bonds is 8. The van der Waals surface area contributed by atoms with Crippen molar-refractivity contribution in [3.8, 4) is 22.6 Å². The lowest BCUT2D eigenvalue weighted by molar-refractivity contribution is 0.0969. The van der Waals surface area contributed by atoms with E-state index in [1.165, 1.54) is 12.2 Å². The van der Waals surface area contributed by atoms with Crippen molar-refractivity contribution in [2.45, 2.75) is 0 Å². The van der Waals surface area contributed by atoms with E-state index in [4.69, 9.17) is 39.6 Å². The van der Waals surface area contributed by atoms with Crippen LogP contribution in [0.3, 0.4) is 0 Å². The molecule has 0 unspecified atom stereocenters. The fourth-order valence-corrected chi connectivity index (χ4v) is 4.24. The third-order valence-corrected chi connectivity index (χ3v) is 6.33. The molecule has 0 aliphatic carbocycles. The number of thiocarbonyl (C=S) groups is 2. The molecule has 0 atom stereocenters. The number of hydrazine groups is 2. The minimum absolute atomic E-state index is 0.0389. The van der Waals surface area contributed by atoms with Crippen molar-refractivity contribution in [3.63, 3.8) is 0 Å². The Bertz CT molecular complexity index is 1530. The van der Waals surface area contributed by atoms with Gasteiger partial charge < -0.3 is 15.2 Å². The lowest BCUT2D eigenvalue weighted by atomic mass is 10.0. The van der Waals surface area contributed by atoms with Gasteiger partial charge in [0.1, 0.15) is 17.2 Å². The van der Waals surface area contributed by atoms with E-state index in [9.17, 15) is 9.59 Å². The predicted octanol–water partition coefficient (Wildman–Crippen LogP) is 4.20. The topological polar surface area (TPSA) is 130 Å². The SMILES string of the molecule is COc1cc(-c2ccc(N(NC(=S)NC(=O)c3ccccc3)NC(=S)NC(=O)c3ccccc3)c(OC)c2)ccc1N. The van der Waals surface area contributed by atoms with Gasteiger partial charge in [-0.2, -0.15) is 5.12 Å². The lowest BCUT2D eigenvalue weighted by Crippen LogP contribution is -2.59. The Morgan fingerprint density at radius 2 is 1.12 bits per heavy atom. The summed E-state index contributed by atoms with van der Waals surface area (Å²) < 4.78 is 11.1. The fraction of sp³-hybridized carbons (Fsp3) is 0.0667. The molecule has 2 amide bonds. The number of nitrogens with zero attached hydrogens (tertiary/aromatic N) is 1. The highest BCUT2D eigenvalue weighted by Crippen LogP contribution is 2.35. The number of hydrogen-bond acceptors (Lipinski definition) is 8. The predicted molar refractivity (Wildman–Crippen MR) is 171 cm³/mol. The fourth-order valence-electron chi connectivity index (χ4n) is 3.87. The standard InChI is InChI=1S/C30H28N6O4S2/c1-39-25-17-21(13-15-23(25)31)22-14-16-24(26(18-22)40-2)36(34-29(41)32-27(37)19-9-5-3-6-10-19)35-30(42)33-28(38)20-11-7-4-8-12-20/h3-18H,31H2,1-2H3,(H2,32,34,37,41)(H2,33,35,38,42). The van der Waals surface area contributed by atoms with Gasteiger partial charge in [-0.3, -0.25) is 31.1 Å². The van der Waals surface area contributed by atoms with Crippen molar-refractivity contribution in [2.24, 2.45) is 0 Å². The molecule has 6 N–H and O–H groups in total. The Balaban J connectivity index is 1.60. The number of methoxy groups -OCH3 is 2. The Morgan fingerprint density at radius 1 is 0.667 bits per heavy atom. The Labute approximate surface area is 253 Å². The molecule has 0 saturated heterocycles. The van der Waals surface area contributed by atoms with E-state index in [0.29, 0.717) is 34.0 Å². The summed E-state index contributed by atoms with van der Waals surface area (Å²) in [6.45, 7) is 0. The molecule has 10 nitrogen and oxygen atoms in total. The van der Waals surface area contributed by atoms with Crippen LogP contribution in [0, 0.1) is 0 Å². The average Bonchev–Trinajstić information content (AvgIpc) is 3.01. The highest BCUT2D eigenvalue weighted by Gasteiger charge is 2.19. The monoisotopic (exact) mass is 600 g/mol. The lowest BCUT2D eigenvalue weighted by Gasteiger charge is -2.29. The zero-order valence-corrected chi connectivity index (χ0v) is 24.3. The molecule has 4 aromatic carbocycles. The van der Waals surface area contributed by atoms with Crippen molar-refractivity contribution >= 4 is 57.8 Å². The number of nitrogen functional groups attached to an aromatic ring is 1. The van der Waals surface area contributed by atoms with Gasteiger partial charge in [0.2, 0.25) is 0 Å². The molecule has 0 radical (unpaired) electrons. The van der Waals surface area contributed by atoms with Crippen LogP contribution in [0.25, 0.3) is 11.1 Å². The highest BCUT2D eigenvalue weighted by atomic mass is 32.1. The first-order valence-electron chi connectivity index (χ1n) is 12.5. The summed E-state index contributed by atoms with van der Waals surface area (Å²) in [5, 5.41) is 6.53. The van der Waals surface area contributed by atoms with E-state index in [2.05, 4.69) is 21.5 Å². The van der Waals surface area contributed by atoms with Crippen LogP contribution < -0.4 is 41.8 Å². The Morgan fingerprint density at radius 3 is 1.60 bits per heavy atom. The van der Waals surface area contributed by atoms with Gasteiger partial charge in [-0.05, 0) is 84.1 Å². The molecule has 0 fully saturated rings. The maximum atomic E-state index is 12.7. The summed E-state index contributed by atoms with van der Waals surface area (Å²) in [7, 11) is 3.06. The second kappa shape index (κ2) is 13.9. The van der Waals surface area contributed by atoms with Crippen LogP contribution in [0.15, 0.2) is 97.1 Å². The van der Waals surface area contributed by atoms with Gasteiger partial charge in [0.15, 0.2) is 10.2 Å². The van der Waals surface area contributed by atoms with Crippen LogP contribution in [0.5, 0.6) is 11.5 Å². The average molecular weight is 601 g/mol. The molecule has 42 heavy (non-hydrogen) atoms. The van der Waals surface area contributed by atoms with Gasteiger partial charge in [-0.1, -0.05) is 48.5 Å². The van der Waals surface area contributed by atoms with Crippen molar-refractivity contribution < 1.29 is 19.1 Å². The molecule has 0 spiro atoms. The van der Waals surface area contributed by atoms with Gasteiger partial charge in [-0.25, -0.2) is 0 Å². The normalized spacial score (nSPS) is 10.1. The van der Waals surface area contributed by atoms with Gasteiger partial charge in [0.05, 0.1) is 19.9 Å². The highest BCUT2D eigenvalue weighted by molar-refractivity contribution is 7.80. The molecule has 0 heterocycles. The van der Waals surface area contributed by atoms with Crippen molar-refractivity contribution in [1.82, 2.24) is 21.5 Å². The Hall–Kier alpha value is -5.20. The molecule has 214 valence electrons. The second-order valence-corrected chi connectivity index (χ2v) is 9.52. The van der Waals surface area contributed by atoms with Crippen LogP contribution in [0.1, 0.15) is 20.7 Å². The first-order valence-corrected chi connectivity index (χ1v) is 13.4. The number of benzene rings is 4. The summed E-state index contributed by atoms with van der Waals surface area (Å²) in [5.41, 5.74) is 15.2. The van der Waals surface area contributed by atoms with Crippen LogP contribution in [0.4, 0.5) is 11.4 Å². The number of anilines is 2. The summed E-state index contributed by atoms with van der Waals surface area (Å²) in [6, 6.07) is 28.1. The van der Waals surface area contributed by atoms with E-state index in [0.717, 1.165) is 11.1 Å². The molecular formula is C30H28N6O4S2. The van der Waals surface area contributed by atoms with Gasteiger partial charge >= 0.3 is 0 Å². The zero-order chi connectivity index (χ0) is 30.1. The third-order valence-electron chi connectivity index (χ3n) is 5.94. The van der Waals surface area contributed by atoms with Gasteiger partial charge in [0.25, 0.3) is 11.8 Å². The molecule has 4 rings (SSSR count). The number of hydrogen-bond donors (Lipinski definition) is 5. The first kappa shape index (κ1) is 29.8. The minimum Gasteiger partial charge on any atom is -0.495 e. The number of carbonyl (C=O) groups is 2. The summed E-state index contributed by atoms with van der Waals surface area (Å²) >= 11 is 10.8. The number of carbonyl (C=O) groups excluding carboxylic acids is 2. The van der Waals surface area contributed by atoms with Crippen molar-refractivity contribution in [1.29, 1.82) is 0 Å². The summed E-state index contributed by atoms with van der Waals surface area (Å²) in [6.07, 6.45) is 0. The number of amides is 2. The van der Waals surface area contributed by atoms with E-state index in [1.54, 1.807) is 86.0 Å². The van der Waals surface area contributed by atoms with E-state index >= 15 is 0 Å². The summed E-state index contributed by atoms with van der Waals surface area (Å²) in [4.78, 5) is 25.4. The molecule has 0 aliphatic heterocycles. The maximum Gasteiger partial charge on any atom is 0.257 e. The molecule has 0 bridgehead atoms. The van der Waals surface area contributed by atoms with Crippen LogP contribution in [0.2, 0.25) is 0 Å². The second-order valence-electron chi connectivity index (χ2n) is 8.70. The Kier molecular flexibility index (Phi) is 9.87. The molecule has 4 aromatic rings. The number of ether oxygens (including phenoxy) is 2. The van der Waals surface area contributed by atoms with E-state index in [-0.39, 0.29) is 10.2 Å². The third kappa shape index (κ3) is 7.50. The van der Waals surface area contributed by atoms with E-state index in [1.807, 2.05) is 18.2 Å². The van der Waals surface area contributed by atoms with Crippen LogP contribution >= 0.6 is 24.4 Å². The maximum absolute atomic E-state index is 12.7. The van der Waals surface area contributed by atoms with Crippen LogP contribution in [-0.2, 0) is 0 Å². The van der Waals surface area contributed by atoms with Gasteiger partial charge in [0, 0.05) is 11.1 Å². The minimum atomic E-state index is -0.410. The first-order chi connectivity index (χ1) is 20.3. The van der Waals surface area contributed by atoms with Crippen molar-refractivity contribution in [3.05, 3.63) is 108 Å². The number of nitrogens with two attached hydrogens (primary N) is 1. The van der Waals surface area contributed by atoms with Gasteiger partial charge in [-0.15, -0.1) is 0 Å². The van der Waals surface area contributed by atoms with E-state index < -0.39 is 11.8 Å². The smallest absolute Gasteiger partial charge is 0.257 e. The zero-order valence-electron chi connectivity index (χ0n) is 22.7. The quantitative estimate of drug-likeness (QED) is 0.114.